The first kappa shape index (κ1) is 26.5. The summed E-state index contributed by atoms with van der Waals surface area (Å²) in [6.45, 7) is 5.71. The van der Waals surface area contributed by atoms with Gasteiger partial charge in [-0.05, 0) is 51.2 Å². The lowest BCUT2D eigenvalue weighted by Crippen LogP contribution is -2.46. The summed E-state index contributed by atoms with van der Waals surface area (Å²) in [5.41, 5.74) is 1.36. The van der Waals surface area contributed by atoms with Gasteiger partial charge in [0.1, 0.15) is 24.9 Å². The van der Waals surface area contributed by atoms with Crippen molar-refractivity contribution in [3.8, 4) is 0 Å². The van der Waals surface area contributed by atoms with Gasteiger partial charge in [0.05, 0.1) is 11.6 Å². The minimum absolute atomic E-state index is 0.107. The van der Waals surface area contributed by atoms with Gasteiger partial charge in [-0.2, -0.15) is 0 Å². The zero-order valence-electron chi connectivity index (χ0n) is 20.5. The van der Waals surface area contributed by atoms with Crippen LogP contribution in [0.1, 0.15) is 51.2 Å². The molecule has 1 amide bonds. The van der Waals surface area contributed by atoms with E-state index in [1.165, 1.54) is 0 Å². The number of halogens is 1. The zero-order chi connectivity index (χ0) is 25.3. The van der Waals surface area contributed by atoms with Crippen molar-refractivity contribution < 1.29 is 23.9 Å². The summed E-state index contributed by atoms with van der Waals surface area (Å²) in [6.07, 6.45) is 1.18. The molecule has 1 atom stereocenters. The van der Waals surface area contributed by atoms with Crippen LogP contribution in [0, 0.1) is 5.41 Å². The molecule has 3 rings (SSSR count). The molecule has 0 unspecified atom stereocenters. The fourth-order valence-corrected chi connectivity index (χ4v) is 3.98. The van der Waals surface area contributed by atoms with Gasteiger partial charge in [0.15, 0.2) is 0 Å². The van der Waals surface area contributed by atoms with E-state index in [-0.39, 0.29) is 12.5 Å². The van der Waals surface area contributed by atoms with Crippen molar-refractivity contribution in [3.63, 3.8) is 0 Å². The number of benzene rings is 2. The molecule has 1 N–H and O–H groups in total. The van der Waals surface area contributed by atoms with E-state index in [0.717, 1.165) is 24.0 Å². The maximum absolute atomic E-state index is 13.0. The highest BCUT2D eigenvalue weighted by atomic mass is 35.5. The second-order valence-corrected chi connectivity index (χ2v) is 9.97. The number of alkyl carbamates (subject to hydrolysis) is 1. The number of carbonyl (C=O) groups is 2. The summed E-state index contributed by atoms with van der Waals surface area (Å²) in [5, 5.41) is 7.00. The molecule has 0 aromatic heterocycles. The molecule has 0 aliphatic heterocycles. The first-order valence-corrected chi connectivity index (χ1v) is 12.2. The molecule has 1 aliphatic rings. The number of carbonyl (C=O) groups excluding carboxylic acids is 2. The van der Waals surface area contributed by atoms with Crippen LogP contribution in [0.3, 0.4) is 0 Å². The van der Waals surface area contributed by atoms with E-state index in [1.807, 2.05) is 60.7 Å². The van der Waals surface area contributed by atoms with E-state index in [0.29, 0.717) is 18.7 Å². The maximum Gasteiger partial charge on any atom is 0.408 e. The summed E-state index contributed by atoms with van der Waals surface area (Å²) in [6, 6.07) is 18.2. The molecule has 1 aliphatic carbocycles. The van der Waals surface area contributed by atoms with Crippen LogP contribution in [0.5, 0.6) is 0 Å². The summed E-state index contributed by atoms with van der Waals surface area (Å²) >= 11 is 6.23. The smallest absolute Gasteiger partial charge is 0.408 e. The Labute approximate surface area is 211 Å². The van der Waals surface area contributed by atoms with Crippen molar-refractivity contribution in [3.05, 3.63) is 71.8 Å². The van der Waals surface area contributed by atoms with Crippen LogP contribution in [0.15, 0.2) is 65.8 Å². The third-order valence-electron chi connectivity index (χ3n) is 5.64. The monoisotopic (exact) mass is 500 g/mol. The van der Waals surface area contributed by atoms with Crippen LogP contribution in [0.2, 0.25) is 0 Å². The topological polar surface area (TPSA) is 86.2 Å². The number of rotatable bonds is 11. The van der Waals surface area contributed by atoms with Gasteiger partial charge in [-0.15, -0.1) is 11.6 Å². The minimum Gasteiger partial charge on any atom is -0.459 e. The molecule has 0 radical (unpaired) electrons. The number of esters is 1. The molecule has 35 heavy (non-hydrogen) atoms. The molecule has 1 fully saturated rings. The Morgan fingerprint density at radius 3 is 2.09 bits per heavy atom. The molecule has 0 heterocycles. The van der Waals surface area contributed by atoms with Crippen LogP contribution in [-0.4, -0.2) is 35.3 Å². The quantitative estimate of drug-likeness (QED) is 0.188. The Kier molecular flexibility index (Phi) is 9.15. The van der Waals surface area contributed by atoms with Gasteiger partial charge < -0.3 is 19.6 Å². The summed E-state index contributed by atoms with van der Waals surface area (Å²) < 4.78 is 10.9. The van der Waals surface area contributed by atoms with Gasteiger partial charge in [-0.25, -0.2) is 9.59 Å². The lowest BCUT2D eigenvalue weighted by Gasteiger charge is -2.25. The van der Waals surface area contributed by atoms with Crippen LogP contribution >= 0.6 is 11.6 Å². The first-order valence-electron chi connectivity index (χ1n) is 11.7. The SMILES string of the molecule is CC(C)(C)OC(=O)N[C@@H](CC1(/C(CCl)=N/OCc2ccccc2)CC1)C(=O)OCc1ccccc1. The molecule has 1 saturated carbocycles. The minimum atomic E-state index is -0.918. The molecular formula is C27H33ClN2O5. The van der Waals surface area contributed by atoms with Crippen molar-refractivity contribution in [2.24, 2.45) is 10.6 Å². The molecule has 2 aromatic carbocycles. The van der Waals surface area contributed by atoms with Crippen LogP contribution in [0.25, 0.3) is 0 Å². The second kappa shape index (κ2) is 12.1. The van der Waals surface area contributed by atoms with Crippen LogP contribution in [-0.2, 0) is 32.3 Å². The number of ether oxygens (including phenoxy) is 2. The van der Waals surface area contributed by atoms with E-state index in [4.69, 9.17) is 25.9 Å². The van der Waals surface area contributed by atoms with E-state index >= 15 is 0 Å². The number of oxime groups is 1. The number of hydrogen-bond acceptors (Lipinski definition) is 6. The molecule has 0 saturated heterocycles. The highest BCUT2D eigenvalue weighted by Crippen LogP contribution is 2.51. The fourth-order valence-electron chi connectivity index (χ4n) is 3.65. The normalized spacial score (nSPS) is 15.6. The Morgan fingerprint density at radius 1 is 1.00 bits per heavy atom. The van der Waals surface area contributed by atoms with Crippen molar-refractivity contribution >= 4 is 29.4 Å². The molecular weight excluding hydrogens is 468 g/mol. The van der Waals surface area contributed by atoms with E-state index in [1.54, 1.807) is 20.8 Å². The fraction of sp³-hybridized carbons (Fsp3) is 0.444. The predicted octanol–water partition coefficient (Wildman–Crippen LogP) is 5.61. The zero-order valence-corrected chi connectivity index (χ0v) is 21.2. The van der Waals surface area contributed by atoms with Gasteiger partial charge in [0.25, 0.3) is 0 Å². The molecule has 0 spiro atoms. The highest BCUT2D eigenvalue weighted by Gasteiger charge is 2.50. The summed E-state index contributed by atoms with van der Waals surface area (Å²) in [5.74, 6) is -0.377. The van der Waals surface area contributed by atoms with Gasteiger partial charge in [-0.1, -0.05) is 65.8 Å². The standard InChI is InChI=1S/C27H33ClN2O5/c1-26(2,3)35-25(32)29-22(24(31)33-18-20-10-6-4-7-11-20)16-27(14-15-27)23(17-28)30-34-19-21-12-8-5-9-13-21/h4-13,22H,14-19H2,1-3H3,(H,29,32)/b30-23+/t22-/m0/s1. The van der Waals surface area contributed by atoms with Crippen LogP contribution in [0.4, 0.5) is 4.79 Å². The molecule has 0 bridgehead atoms. The van der Waals surface area contributed by atoms with E-state index < -0.39 is 29.1 Å². The first-order chi connectivity index (χ1) is 16.7. The predicted molar refractivity (Wildman–Crippen MR) is 135 cm³/mol. The lowest BCUT2D eigenvalue weighted by molar-refractivity contribution is -0.148. The summed E-state index contributed by atoms with van der Waals surface area (Å²) in [4.78, 5) is 31.1. The Balaban J connectivity index is 1.69. The van der Waals surface area contributed by atoms with Gasteiger partial charge in [0, 0.05) is 5.41 Å². The number of amides is 1. The van der Waals surface area contributed by atoms with E-state index in [2.05, 4.69) is 10.5 Å². The van der Waals surface area contributed by atoms with Gasteiger partial charge >= 0.3 is 12.1 Å². The molecule has 7 nitrogen and oxygen atoms in total. The van der Waals surface area contributed by atoms with Crippen LogP contribution < -0.4 is 5.32 Å². The van der Waals surface area contributed by atoms with Crippen molar-refractivity contribution in [1.29, 1.82) is 0 Å². The second-order valence-electron chi connectivity index (χ2n) is 9.71. The van der Waals surface area contributed by atoms with Gasteiger partial charge in [-0.3, -0.25) is 0 Å². The molecule has 2 aromatic rings. The maximum atomic E-state index is 13.0. The third-order valence-corrected chi connectivity index (χ3v) is 5.89. The molecule has 8 heteroatoms. The third kappa shape index (κ3) is 8.58. The Bertz CT molecular complexity index is 1000. The number of alkyl halides is 1. The number of hydrogen-bond donors (Lipinski definition) is 1. The lowest BCUT2D eigenvalue weighted by atomic mass is 9.92. The average Bonchev–Trinajstić information content (AvgIpc) is 3.60. The number of nitrogens with zero attached hydrogens (tertiary/aromatic N) is 1. The average molecular weight is 501 g/mol. The molecule has 188 valence electrons. The van der Waals surface area contributed by atoms with E-state index in [9.17, 15) is 9.59 Å². The van der Waals surface area contributed by atoms with Crippen molar-refractivity contribution in [1.82, 2.24) is 5.32 Å². The van der Waals surface area contributed by atoms with Crippen molar-refractivity contribution in [2.75, 3.05) is 5.88 Å². The Hall–Kier alpha value is -3.06. The van der Waals surface area contributed by atoms with Crippen molar-refractivity contribution in [2.45, 2.75) is 64.9 Å². The van der Waals surface area contributed by atoms with Gasteiger partial charge in [0.2, 0.25) is 0 Å². The highest BCUT2D eigenvalue weighted by molar-refractivity contribution is 6.29. The number of nitrogens with one attached hydrogen (secondary N) is 1. The summed E-state index contributed by atoms with van der Waals surface area (Å²) in [7, 11) is 0. The Morgan fingerprint density at radius 2 is 1.57 bits per heavy atom. The largest absolute Gasteiger partial charge is 0.459 e.